The second-order valence-corrected chi connectivity index (χ2v) is 3.74. The Balaban J connectivity index is 1.96. The maximum absolute atomic E-state index is 11.7. The fraction of sp³-hybridized carbons (Fsp3) is 0.154. The summed E-state index contributed by atoms with van der Waals surface area (Å²) < 4.78 is 9.75. The summed E-state index contributed by atoms with van der Waals surface area (Å²) in [5, 5.41) is 0. The van der Waals surface area contributed by atoms with E-state index in [-0.39, 0.29) is 6.61 Å². The van der Waals surface area contributed by atoms with Gasteiger partial charge in [0.25, 0.3) is 5.91 Å². The molecule has 7 heteroatoms. The molecule has 7 nitrogen and oxygen atoms in total. The number of rotatable bonds is 3. The van der Waals surface area contributed by atoms with Gasteiger partial charge in [0.2, 0.25) is 0 Å². The van der Waals surface area contributed by atoms with Crippen LogP contribution in [0.15, 0.2) is 41.3 Å². The molecular formula is C13H13N3O4. The van der Waals surface area contributed by atoms with Gasteiger partial charge in [0, 0.05) is 11.1 Å². The van der Waals surface area contributed by atoms with Gasteiger partial charge in [0.05, 0.1) is 12.8 Å². The smallest absolute Gasteiger partial charge is 0.426 e. The van der Waals surface area contributed by atoms with E-state index in [1.54, 1.807) is 37.4 Å². The molecule has 0 saturated carbocycles. The zero-order valence-electron chi connectivity index (χ0n) is 10.8. The van der Waals surface area contributed by atoms with Gasteiger partial charge in [-0.3, -0.25) is 10.2 Å². The van der Waals surface area contributed by atoms with Crippen LogP contribution in [-0.2, 0) is 4.74 Å². The summed E-state index contributed by atoms with van der Waals surface area (Å²) in [6, 6.07) is 6.67. The van der Waals surface area contributed by atoms with Crippen LogP contribution < -0.4 is 10.9 Å². The molecule has 0 radical (unpaired) electrons. The van der Waals surface area contributed by atoms with Crippen LogP contribution >= 0.6 is 0 Å². The lowest BCUT2D eigenvalue weighted by Gasteiger charge is -2.07. The number of nitrogens with zero attached hydrogens (tertiary/aromatic N) is 1. The van der Waals surface area contributed by atoms with Crippen LogP contribution in [0.3, 0.4) is 0 Å². The first-order chi connectivity index (χ1) is 9.70. The average molecular weight is 275 g/mol. The Morgan fingerprint density at radius 1 is 1.25 bits per heavy atom. The van der Waals surface area contributed by atoms with Gasteiger partial charge in [-0.1, -0.05) is 12.1 Å². The number of hydrogen-bond acceptors (Lipinski definition) is 5. The first-order valence-electron chi connectivity index (χ1n) is 5.92. The molecule has 1 heterocycles. The van der Waals surface area contributed by atoms with Crippen molar-refractivity contribution in [1.29, 1.82) is 0 Å². The molecule has 0 aliphatic heterocycles. The molecule has 1 aromatic carbocycles. The second kappa shape index (κ2) is 6.37. The Morgan fingerprint density at radius 2 is 2.00 bits per heavy atom. The minimum Gasteiger partial charge on any atom is -0.449 e. The summed E-state index contributed by atoms with van der Waals surface area (Å²) >= 11 is 0. The standard InChI is InChI=1S/C13H13N3O4/c1-2-19-13(18)16-15-12(17)10-5-3-9(4-6-10)11-7-14-8-20-11/h3-8H,2H2,1H3,(H,15,17)(H,16,18). The SMILES string of the molecule is CCOC(=O)NNC(=O)c1ccc(-c2cnco2)cc1. The molecule has 0 saturated heterocycles. The van der Waals surface area contributed by atoms with Crippen molar-refractivity contribution in [2.45, 2.75) is 6.92 Å². The van der Waals surface area contributed by atoms with Crippen LogP contribution in [0, 0.1) is 0 Å². The summed E-state index contributed by atoms with van der Waals surface area (Å²) in [5.41, 5.74) is 5.57. The summed E-state index contributed by atoms with van der Waals surface area (Å²) in [4.78, 5) is 26.6. The number of hydrazine groups is 1. The molecule has 0 unspecified atom stereocenters. The quantitative estimate of drug-likeness (QED) is 0.832. The van der Waals surface area contributed by atoms with Crippen molar-refractivity contribution in [2.24, 2.45) is 0 Å². The summed E-state index contributed by atoms with van der Waals surface area (Å²) in [7, 11) is 0. The van der Waals surface area contributed by atoms with E-state index in [4.69, 9.17) is 4.42 Å². The maximum Gasteiger partial charge on any atom is 0.426 e. The number of oxazole rings is 1. The van der Waals surface area contributed by atoms with E-state index in [0.717, 1.165) is 5.56 Å². The Bertz CT molecular complexity index is 578. The number of amides is 2. The fourth-order valence-electron chi connectivity index (χ4n) is 1.49. The third-order valence-electron chi connectivity index (χ3n) is 2.42. The van der Waals surface area contributed by atoms with Gasteiger partial charge < -0.3 is 9.15 Å². The summed E-state index contributed by atoms with van der Waals surface area (Å²) in [6.07, 6.45) is 2.20. The topological polar surface area (TPSA) is 93.5 Å². The second-order valence-electron chi connectivity index (χ2n) is 3.74. The van der Waals surface area contributed by atoms with Crippen molar-refractivity contribution < 1.29 is 18.7 Å². The Kier molecular flexibility index (Phi) is 4.33. The average Bonchev–Trinajstić information content (AvgIpc) is 2.99. The van der Waals surface area contributed by atoms with Gasteiger partial charge in [0.1, 0.15) is 0 Å². The van der Waals surface area contributed by atoms with Crippen molar-refractivity contribution in [1.82, 2.24) is 15.8 Å². The van der Waals surface area contributed by atoms with Crippen LogP contribution in [0.1, 0.15) is 17.3 Å². The Morgan fingerprint density at radius 3 is 2.60 bits per heavy atom. The lowest BCUT2D eigenvalue weighted by atomic mass is 10.1. The largest absolute Gasteiger partial charge is 0.449 e. The predicted molar refractivity (Wildman–Crippen MR) is 69.6 cm³/mol. The lowest BCUT2D eigenvalue weighted by molar-refractivity contribution is 0.0912. The molecule has 104 valence electrons. The molecule has 0 bridgehead atoms. The van der Waals surface area contributed by atoms with Crippen molar-refractivity contribution in [3.05, 3.63) is 42.4 Å². The molecule has 2 rings (SSSR count). The van der Waals surface area contributed by atoms with Gasteiger partial charge >= 0.3 is 6.09 Å². The van der Waals surface area contributed by atoms with Crippen molar-refractivity contribution in [3.8, 4) is 11.3 Å². The van der Waals surface area contributed by atoms with Crippen molar-refractivity contribution in [3.63, 3.8) is 0 Å². The highest BCUT2D eigenvalue weighted by Crippen LogP contribution is 2.18. The molecule has 0 fully saturated rings. The van der Waals surface area contributed by atoms with Gasteiger partial charge in [-0.05, 0) is 19.1 Å². The molecule has 2 N–H and O–H groups in total. The van der Waals surface area contributed by atoms with E-state index in [1.165, 1.54) is 6.39 Å². The van der Waals surface area contributed by atoms with E-state index in [2.05, 4.69) is 20.6 Å². The predicted octanol–water partition coefficient (Wildman–Crippen LogP) is 1.73. The fourth-order valence-corrected chi connectivity index (χ4v) is 1.49. The molecular weight excluding hydrogens is 262 g/mol. The van der Waals surface area contributed by atoms with Crippen molar-refractivity contribution in [2.75, 3.05) is 6.61 Å². The van der Waals surface area contributed by atoms with E-state index < -0.39 is 12.0 Å². The number of nitrogens with one attached hydrogen (secondary N) is 2. The number of hydrogen-bond donors (Lipinski definition) is 2. The van der Waals surface area contributed by atoms with E-state index in [9.17, 15) is 9.59 Å². The summed E-state index contributed by atoms with van der Waals surface area (Å²) in [5.74, 6) is 0.170. The molecule has 0 aliphatic carbocycles. The number of carbonyl (C=O) groups is 2. The third-order valence-corrected chi connectivity index (χ3v) is 2.42. The highest BCUT2D eigenvalue weighted by Gasteiger charge is 2.08. The van der Waals surface area contributed by atoms with E-state index >= 15 is 0 Å². The molecule has 1 aromatic heterocycles. The number of carbonyl (C=O) groups excluding carboxylic acids is 2. The highest BCUT2D eigenvalue weighted by molar-refractivity contribution is 5.95. The minimum atomic E-state index is -0.709. The lowest BCUT2D eigenvalue weighted by Crippen LogP contribution is -2.41. The molecule has 0 aliphatic rings. The molecule has 2 aromatic rings. The first-order valence-corrected chi connectivity index (χ1v) is 5.92. The first kappa shape index (κ1) is 13.6. The van der Waals surface area contributed by atoms with E-state index in [0.29, 0.717) is 11.3 Å². The minimum absolute atomic E-state index is 0.230. The van der Waals surface area contributed by atoms with E-state index in [1.807, 2.05) is 0 Å². The van der Waals surface area contributed by atoms with Gasteiger partial charge in [-0.25, -0.2) is 15.2 Å². The molecule has 20 heavy (non-hydrogen) atoms. The number of benzene rings is 1. The number of aromatic nitrogens is 1. The highest BCUT2D eigenvalue weighted by atomic mass is 16.5. The molecule has 0 spiro atoms. The molecule has 2 amide bonds. The summed E-state index contributed by atoms with van der Waals surface area (Å²) in [6.45, 7) is 1.90. The van der Waals surface area contributed by atoms with Crippen molar-refractivity contribution >= 4 is 12.0 Å². The van der Waals surface area contributed by atoms with Crippen LogP contribution in [0.25, 0.3) is 11.3 Å². The van der Waals surface area contributed by atoms with Crippen LogP contribution in [0.5, 0.6) is 0 Å². The van der Waals surface area contributed by atoms with Gasteiger partial charge in [-0.15, -0.1) is 0 Å². The Labute approximate surface area is 114 Å². The van der Waals surface area contributed by atoms with Crippen LogP contribution in [0.2, 0.25) is 0 Å². The zero-order chi connectivity index (χ0) is 14.4. The number of ether oxygens (including phenoxy) is 1. The van der Waals surface area contributed by atoms with Gasteiger partial charge in [0.15, 0.2) is 12.2 Å². The van der Waals surface area contributed by atoms with Crippen LogP contribution in [-0.4, -0.2) is 23.6 Å². The normalized spacial score (nSPS) is 9.85. The monoisotopic (exact) mass is 275 g/mol. The van der Waals surface area contributed by atoms with Gasteiger partial charge in [-0.2, -0.15) is 0 Å². The van der Waals surface area contributed by atoms with Crippen LogP contribution in [0.4, 0.5) is 4.79 Å². The third kappa shape index (κ3) is 3.35. The Hall–Kier alpha value is -2.83. The molecule has 0 atom stereocenters. The maximum atomic E-state index is 11.7. The zero-order valence-corrected chi connectivity index (χ0v) is 10.8.